The number of H-pyrrole nitrogens is 1. The number of nitrogens with one attached hydrogen (secondary N) is 3. The van der Waals surface area contributed by atoms with Crippen LogP contribution in [-0.2, 0) is 19.4 Å². The normalized spacial score (nSPS) is 18.1. The van der Waals surface area contributed by atoms with Crippen molar-refractivity contribution in [2.24, 2.45) is 17.6 Å². The summed E-state index contributed by atoms with van der Waals surface area (Å²) in [6.45, 7) is 14.8. The Kier molecular flexibility index (Phi) is 15.7. The molecule has 0 aliphatic carbocycles. The van der Waals surface area contributed by atoms with Gasteiger partial charge in [0.25, 0.3) is 5.91 Å². The number of carbonyl (C=O) groups excluding carboxylic acids is 4. The van der Waals surface area contributed by atoms with Gasteiger partial charge in [-0.15, -0.1) is 11.3 Å². The number of ether oxygens (including phenoxy) is 1. The van der Waals surface area contributed by atoms with Crippen LogP contribution < -0.4 is 26.0 Å². The molecule has 77 heavy (non-hydrogen) atoms. The van der Waals surface area contributed by atoms with E-state index in [1.54, 1.807) is 62.1 Å². The van der Waals surface area contributed by atoms with Crippen LogP contribution in [0.3, 0.4) is 0 Å². The van der Waals surface area contributed by atoms with E-state index >= 15 is 0 Å². The van der Waals surface area contributed by atoms with E-state index in [9.17, 15) is 32.0 Å². The summed E-state index contributed by atoms with van der Waals surface area (Å²) in [6.07, 6.45) is 6.68. The molecule has 1 unspecified atom stereocenters. The van der Waals surface area contributed by atoms with E-state index in [2.05, 4.69) is 50.7 Å². The molecule has 3 atom stereocenters. The lowest BCUT2D eigenvalue weighted by atomic mass is 9.71. The van der Waals surface area contributed by atoms with Crippen LogP contribution in [0.25, 0.3) is 10.9 Å². The number of nitrogens with two attached hydrogens (primary N) is 1. The van der Waals surface area contributed by atoms with Gasteiger partial charge in [-0.1, -0.05) is 0 Å². The van der Waals surface area contributed by atoms with E-state index in [0.29, 0.717) is 123 Å². The summed E-state index contributed by atoms with van der Waals surface area (Å²) < 4.78 is 46.7. The highest BCUT2D eigenvalue weighted by atomic mass is 32.2. The Bertz CT molecular complexity index is 3280. The number of halogens is 1. The van der Waals surface area contributed by atoms with Crippen LogP contribution in [0.2, 0.25) is 0 Å². The quantitative estimate of drug-likeness (QED) is 0.0833. The number of amides is 3. The van der Waals surface area contributed by atoms with Crippen molar-refractivity contribution in [3.8, 4) is 5.75 Å². The van der Waals surface area contributed by atoms with Crippen molar-refractivity contribution >= 4 is 73.2 Å². The predicted octanol–water partition coefficient (Wildman–Crippen LogP) is 5.40. The van der Waals surface area contributed by atoms with E-state index in [-0.39, 0.29) is 46.5 Å². The minimum absolute atomic E-state index is 0.0502. The number of hydrogen-bond donors (Lipinski definition) is 4. The van der Waals surface area contributed by atoms with Crippen LogP contribution in [0.5, 0.6) is 5.75 Å². The number of thiazole rings is 1. The fourth-order valence-electron chi connectivity index (χ4n) is 10.3. The lowest BCUT2D eigenvalue weighted by Crippen LogP contribution is -2.63. The standard InChI is InChI=1S/C53H65FN14O7S2/c1-31-32(2)63-64-45(31)62-46-37-25-42(77(73,74)52(3,4)5)41(26-38(37)59-30-60-46)75-24-23-65-19-21-67(22-20-65)51-57-27-35(28-58-51)48(70)66-17-14-33(15-18-66)43(53(6,56-7)50(55)72)49(71)68-16-8-9-40(68)47-61-39(29-76-47)44(69)34-10-12-36(54)13-11-34/h10-13,25-30,33,40,43,56H,8-9,14-24H2,1-7H3,(H2,55,72)(H2,59,60,62,63,64)/t40-,43+,53?/m0/s1. The van der Waals surface area contributed by atoms with Gasteiger partial charge in [-0.25, -0.2) is 37.7 Å². The number of likely N-dealkylation sites (tertiary alicyclic amines) is 2. The van der Waals surface area contributed by atoms with E-state index in [1.807, 2.05) is 18.7 Å². The van der Waals surface area contributed by atoms with E-state index in [4.69, 9.17) is 10.5 Å². The van der Waals surface area contributed by atoms with Crippen molar-refractivity contribution < 1.29 is 36.7 Å². The van der Waals surface area contributed by atoms with Crippen LogP contribution >= 0.6 is 11.3 Å². The minimum atomic E-state index is -3.87. The summed E-state index contributed by atoms with van der Waals surface area (Å²) in [4.78, 5) is 85.6. The largest absolute Gasteiger partial charge is 0.491 e. The Labute approximate surface area is 450 Å². The zero-order chi connectivity index (χ0) is 55.0. The first-order valence-electron chi connectivity index (χ1n) is 25.8. The van der Waals surface area contributed by atoms with Gasteiger partial charge >= 0.3 is 0 Å². The van der Waals surface area contributed by atoms with Crippen molar-refractivity contribution in [1.82, 2.24) is 55.1 Å². The minimum Gasteiger partial charge on any atom is -0.491 e. The number of piperidine rings is 1. The number of carbonyl (C=O) groups is 4. The molecule has 3 aliphatic rings. The summed E-state index contributed by atoms with van der Waals surface area (Å²) in [5.41, 5.74) is 7.80. The molecule has 3 fully saturated rings. The Morgan fingerprint density at radius 2 is 1.61 bits per heavy atom. The molecule has 5 N–H and O–H groups in total. The second-order valence-electron chi connectivity index (χ2n) is 21.1. The SMILES string of the molecule is CNC(C)(C(N)=O)[C@@H](C(=O)N1CCC[C@H]1c1nc(C(=O)c2ccc(F)cc2)cs1)C1CCN(C(=O)c2cnc(N3CCN(CCOc4cc5ncnc(Nc6n[nH]c(C)c6C)c5cc4S(=O)(=O)C(C)(C)C)CC3)nc2)CC1. The molecule has 3 saturated heterocycles. The van der Waals surface area contributed by atoms with Gasteiger partial charge in [0.2, 0.25) is 23.5 Å². The van der Waals surface area contributed by atoms with Crippen LogP contribution in [0.1, 0.15) is 102 Å². The number of piperazine rings is 1. The third kappa shape index (κ3) is 11.1. The fourth-order valence-corrected chi connectivity index (χ4v) is 12.6. The number of sulfone groups is 1. The van der Waals surface area contributed by atoms with E-state index < -0.39 is 43.8 Å². The number of primary amides is 1. The van der Waals surface area contributed by atoms with Crippen molar-refractivity contribution in [2.45, 2.75) is 88.4 Å². The average Bonchev–Trinajstić information content (AvgIpc) is 4.22. The Balaban J connectivity index is 0.796. The van der Waals surface area contributed by atoms with Gasteiger partial charge in [-0.3, -0.25) is 29.2 Å². The molecule has 0 bridgehead atoms. The summed E-state index contributed by atoms with van der Waals surface area (Å²) in [5.74, 6) is -1.40. The molecule has 3 aliphatic heterocycles. The smallest absolute Gasteiger partial charge is 0.256 e. The molecular formula is C53H65FN14O7S2. The number of ketones is 1. The number of aryl methyl sites for hydroxylation is 1. The summed E-state index contributed by atoms with van der Waals surface area (Å²) >= 11 is 1.28. The molecule has 24 heteroatoms. The first-order valence-corrected chi connectivity index (χ1v) is 28.1. The highest BCUT2D eigenvalue weighted by molar-refractivity contribution is 7.92. The topological polar surface area (TPSA) is 268 Å². The van der Waals surface area contributed by atoms with E-state index in [0.717, 1.165) is 11.3 Å². The van der Waals surface area contributed by atoms with Gasteiger partial charge in [0.1, 0.15) is 51.5 Å². The number of aromatic nitrogens is 7. The Hall–Kier alpha value is -7.02. The van der Waals surface area contributed by atoms with E-state index in [1.165, 1.54) is 54.3 Å². The second-order valence-corrected chi connectivity index (χ2v) is 24.6. The number of aromatic amines is 1. The lowest BCUT2D eigenvalue weighted by molar-refractivity contribution is -0.147. The molecule has 2 aromatic carbocycles. The maximum absolute atomic E-state index is 14.8. The first kappa shape index (κ1) is 54.8. The second kappa shape index (κ2) is 22.1. The maximum Gasteiger partial charge on any atom is 0.256 e. The Morgan fingerprint density at radius 3 is 2.25 bits per heavy atom. The van der Waals surface area contributed by atoms with Crippen LogP contribution in [-0.4, -0.2) is 158 Å². The molecule has 21 nitrogen and oxygen atoms in total. The third-order valence-corrected chi connectivity index (χ3v) is 18.8. The number of hydrogen-bond acceptors (Lipinski definition) is 18. The zero-order valence-electron chi connectivity index (χ0n) is 44.3. The molecule has 4 aromatic heterocycles. The number of benzene rings is 2. The number of nitrogens with zero attached hydrogens (tertiary/aromatic N) is 10. The van der Waals surface area contributed by atoms with Gasteiger partial charge in [0.05, 0.1) is 27.8 Å². The van der Waals surface area contributed by atoms with Gasteiger partial charge in [0, 0.05) is 98.4 Å². The van der Waals surface area contributed by atoms with Crippen LogP contribution in [0, 0.1) is 31.5 Å². The molecule has 0 saturated carbocycles. The molecule has 3 amide bonds. The van der Waals surface area contributed by atoms with Gasteiger partial charge in [-0.05, 0) is 111 Å². The molecule has 0 spiro atoms. The Morgan fingerprint density at radius 1 is 0.909 bits per heavy atom. The van der Waals surface area contributed by atoms with Crippen LogP contribution in [0.15, 0.2) is 65.4 Å². The van der Waals surface area contributed by atoms with Crippen LogP contribution in [0.4, 0.5) is 22.0 Å². The third-order valence-electron chi connectivity index (χ3n) is 15.4. The molecule has 0 radical (unpaired) electrons. The summed E-state index contributed by atoms with van der Waals surface area (Å²) in [7, 11) is -2.25. The summed E-state index contributed by atoms with van der Waals surface area (Å²) in [6, 6.07) is 8.09. The van der Waals surface area contributed by atoms with Gasteiger partial charge in [-0.2, -0.15) is 5.10 Å². The molecule has 9 rings (SSSR count). The monoisotopic (exact) mass is 1090 g/mol. The van der Waals surface area contributed by atoms with Crippen molar-refractivity contribution in [2.75, 3.05) is 76.2 Å². The highest BCUT2D eigenvalue weighted by Gasteiger charge is 2.51. The summed E-state index contributed by atoms with van der Waals surface area (Å²) in [5, 5.41) is 16.3. The molecule has 6 aromatic rings. The number of anilines is 3. The number of fused-ring (bicyclic) bond motifs is 1. The molecule has 408 valence electrons. The highest BCUT2D eigenvalue weighted by Crippen LogP contribution is 2.41. The average molecular weight is 1090 g/mol. The first-order chi connectivity index (χ1) is 36.7. The number of rotatable bonds is 17. The zero-order valence-corrected chi connectivity index (χ0v) is 45.9. The lowest BCUT2D eigenvalue weighted by Gasteiger charge is -2.44. The van der Waals surface area contributed by atoms with Crippen molar-refractivity contribution in [1.29, 1.82) is 0 Å². The molecular weight excluding hydrogens is 1030 g/mol. The maximum atomic E-state index is 14.8. The van der Waals surface area contributed by atoms with Gasteiger partial charge < -0.3 is 35.8 Å². The van der Waals surface area contributed by atoms with Crippen molar-refractivity contribution in [3.63, 3.8) is 0 Å². The number of likely N-dealkylation sites (N-methyl/N-ethyl adjacent to an activating group) is 1. The fraction of sp³-hybridized carbons (Fsp3) is 0.472. The predicted molar refractivity (Wildman–Crippen MR) is 288 cm³/mol. The molecule has 7 heterocycles. The van der Waals surface area contributed by atoms with Crippen molar-refractivity contribution in [3.05, 3.63) is 99.4 Å². The van der Waals surface area contributed by atoms with Gasteiger partial charge in [0.15, 0.2) is 15.7 Å².